The number of ether oxygens (including phenoxy) is 4. The van der Waals surface area contributed by atoms with Gasteiger partial charge in [0.25, 0.3) is 0 Å². The Morgan fingerprint density at radius 3 is 2.52 bits per heavy atom. The summed E-state index contributed by atoms with van der Waals surface area (Å²) in [6, 6.07) is 10.4. The molecule has 25 heavy (non-hydrogen) atoms. The van der Waals surface area contributed by atoms with E-state index in [1.54, 1.807) is 14.2 Å². The van der Waals surface area contributed by atoms with Crippen molar-refractivity contribution < 1.29 is 23.4 Å². The molecule has 0 spiro atoms. The fourth-order valence-corrected chi connectivity index (χ4v) is 3.91. The number of fused-ring (bicyclic) bond motifs is 2. The SMILES string of the molecule is COc1cccc(C[N+]2(C)CCc3cc4c(cc3C2)OCO4)c1OC. The van der Waals surface area contributed by atoms with Gasteiger partial charge >= 0.3 is 0 Å². The third-order valence-corrected chi connectivity index (χ3v) is 5.20. The fourth-order valence-electron chi connectivity index (χ4n) is 3.91. The molecule has 0 radical (unpaired) electrons. The Morgan fingerprint density at radius 1 is 1.04 bits per heavy atom. The minimum Gasteiger partial charge on any atom is -0.493 e. The normalized spacial score (nSPS) is 20.9. The Bertz CT molecular complexity index is 805. The fraction of sp³-hybridized carbons (Fsp3) is 0.400. The summed E-state index contributed by atoms with van der Waals surface area (Å²) >= 11 is 0. The van der Waals surface area contributed by atoms with Crippen LogP contribution in [0.25, 0.3) is 0 Å². The highest BCUT2D eigenvalue weighted by molar-refractivity contribution is 5.49. The van der Waals surface area contributed by atoms with Crippen LogP contribution < -0.4 is 18.9 Å². The Morgan fingerprint density at radius 2 is 1.80 bits per heavy atom. The molecule has 2 heterocycles. The van der Waals surface area contributed by atoms with Crippen LogP contribution in [0.15, 0.2) is 30.3 Å². The van der Waals surface area contributed by atoms with E-state index in [0.717, 1.165) is 53.5 Å². The summed E-state index contributed by atoms with van der Waals surface area (Å²) in [5.41, 5.74) is 3.89. The Hall–Kier alpha value is -2.40. The van der Waals surface area contributed by atoms with Gasteiger partial charge in [-0.25, -0.2) is 0 Å². The smallest absolute Gasteiger partial charge is 0.231 e. The minimum absolute atomic E-state index is 0.325. The van der Waals surface area contributed by atoms with Gasteiger partial charge < -0.3 is 23.4 Å². The third-order valence-electron chi connectivity index (χ3n) is 5.20. The lowest BCUT2D eigenvalue weighted by atomic mass is 9.96. The molecule has 0 amide bonds. The highest BCUT2D eigenvalue weighted by Gasteiger charge is 2.32. The van der Waals surface area contributed by atoms with E-state index < -0.39 is 0 Å². The van der Waals surface area contributed by atoms with E-state index in [0.29, 0.717) is 6.79 Å². The van der Waals surface area contributed by atoms with E-state index in [2.05, 4.69) is 25.2 Å². The molecule has 0 N–H and O–H groups in total. The van der Waals surface area contributed by atoms with Crippen LogP contribution in [0.3, 0.4) is 0 Å². The van der Waals surface area contributed by atoms with Gasteiger partial charge in [0.1, 0.15) is 13.1 Å². The van der Waals surface area contributed by atoms with Crippen molar-refractivity contribution in [3.05, 3.63) is 47.0 Å². The lowest BCUT2D eigenvalue weighted by Gasteiger charge is -2.39. The van der Waals surface area contributed by atoms with E-state index in [1.165, 1.54) is 16.7 Å². The summed E-state index contributed by atoms with van der Waals surface area (Å²) < 4.78 is 23.0. The summed E-state index contributed by atoms with van der Waals surface area (Å²) in [4.78, 5) is 0. The first-order chi connectivity index (χ1) is 12.1. The molecule has 2 aromatic carbocycles. The van der Waals surface area contributed by atoms with Crippen LogP contribution in [0.1, 0.15) is 16.7 Å². The number of rotatable bonds is 4. The van der Waals surface area contributed by atoms with Gasteiger partial charge in [-0.1, -0.05) is 6.07 Å². The molecule has 2 aromatic rings. The van der Waals surface area contributed by atoms with Crippen LogP contribution in [0.4, 0.5) is 0 Å². The van der Waals surface area contributed by atoms with Crippen LogP contribution in [0.2, 0.25) is 0 Å². The minimum atomic E-state index is 0.325. The molecule has 0 aromatic heterocycles. The zero-order valence-electron chi connectivity index (χ0n) is 15.0. The van der Waals surface area contributed by atoms with Crippen molar-refractivity contribution in [3.8, 4) is 23.0 Å². The molecule has 5 nitrogen and oxygen atoms in total. The van der Waals surface area contributed by atoms with Gasteiger partial charge in [0.2, 0.25) is 6.79 Å². The largest absolute Gasteiger partial charge is 0.493 e. The maximum atomic E-state index is 5.61. The molecule has 4 rings (SSSR count). The average Bonchev–Trinajstić information content (AvgIpc) is 3.06. The van der Waals surface area contributed by atoms with Gasteiger partial charge in [-0.05, 0) is 29.8 Å². The van der Waals surface area contributed by atoms with Crippen LogP contribution in [-0.4, -0.2) is 39.1 Å². The number of methoxy groups -OCH3 is 2. The second-order valence-corrected chi connectivity index (χ2v) is 7.04. The number of para-hydroxylation sites is 1. The second-order valence-electron chi connectivity index (χ2n) is 7.04. The molecule has 2 aliphatic heterocycles. The number of hydrogen-bond donors (Lipinski definition) is 0. The van der Waals surface area contributed by atoms with Crippen LogP contribution in [-0.2, 0) is 19.5 Å². The van der Waals surface area contributed by atoms with Crippen molar-refractivity contribution in [2.24, 2.45) is 0 Å². The van der Waals surface area contributed by atoms with E-state index >= 15 is 0 Å². The summed E-state index contributed by atoms with van der Waals surface area (Å²) in [5, 5.41) is 0. The van der Waals surface area contributed by atoms with E-state index in [-0.39, 0.29) is 0 Å². The third kappa shape index (κ3) is 2.89. The molecule has 0 fully saturated rings. The standard InChI is InChI=1S/C20H24NO4/c1-21(11-15-5-4-6-17(22-2)20(15)23-3)8-7-14-9-18-19(25-13-24-18)10-16(14)12-21/h4-6,9-10H,7-8,11-13H2,1-3H3/q+1. The first-order valence-corrected chi connectivity index (χ1v) is 8.57. The zero-order chi connectivity index (χ0) is 17.4. The predicted molar refractivity (Wildman–Crippen MR) is 94.3 cm³/mol. The predicted octanol–water partition coefficient (Wildman–Crippen LogP) is 3.14. The molecule has 0 aliphatic carbocycles. The second kappa shape index (κ2) is 6.15. The number of nitrogens with zero attached hydrogens (tertiary/aromatic N) is 1. The van der Waals surface area contributed by atoms with Gasteiger partial charge in [0.15, 0.2) is 23.0 Å². The van der Waals surface area contributed by atoms with Crippen molar-refractivity contribution in [2.75, 3.05) is 34.6 Å². The van der Waals surface area contributed by atoms with E-state index in [9.17, 15) is 0 Å². The molecular weight excluding hydrogens is 318 g/mol. The monoisotopic (exact) mass is 342 g/mol. The first kappa shape index (κ1) is 16.1. The highest BCUT2D eigenvalue weighted by atomic mass is 16.7. The van der Waals surface area contributed by atoms with E-state index in [1.807, 2.05) is 12.1 Å². The zero-order valence-corrected chi connectivity index (χ0v) is 15.0. The van der Waals surface area contributed by atoms with Crippen molar-refractivity contribution in [1.82, 2.24) is 0 Å². The number of quaternary nitrogens is 1. The number of benzene rings is 2. The number of likely N-dealkylation sites (N-methyl/N-ethyl adjacent to an activating group) is 1. The van der Waals surface area contributed by atoms with Crippen molar-refractivity contribution >= 4 is 0 Å². The van der Waals surface area contributed by atoms with Gasteiger partial charge in [0.05, 0.1) is 33.4 Å². The number of hydrogen-bond acceptors (Lipinski definition) is 4. The van der Waals surface area contributed by atoms with Crippen molar-refractivity contribution in [1.29, 1.82) is 0 Å². The maximum Gasteiger partial charge on any atom is 0.231 e. The van der Waals surface area contributed by atoms with Gasteiger partial charge in [-0.2, -0.15) is 0 Å². The summed E-state index contributed by atoms with van der Waals surface area (Å²) in [6.45, 7) is 3.26. The molecule has 1 atom stereocenters. The average molecular weight is 342 g/mol. The first-order valence-electron chi connectivity index (χ1n) is 8.57. The highest BCUT2D eigenvalue weighted by Crippen LogP contribution is 2.39. The summed E-state index contributed by atoms with van der Waals surface area (Å²) in [7, 11) is 5.68. The Kier molecular flexibility index (Phi) is 3.96. The Balaban J connectivity index is 1.62. The van der Waals surface area contributed by atoms with Gasteiger partial charge in [0, 0.05) is 12.0 Å². The van der Waals surface area contributed by atoms with Crippen molar-refractivity contribution in [3.63, 3.8) is 0 Å². The topological polar surface area (TPSA) is 36.9 Å². The lowest BCUT2D eigenvalue weighted by molar-refractivity contribution is -0.937. The molecule has 5 heteroatoms. The van der Waals surface area contributed by atoms with Gasteiger partial charge in [-0.3, -0.25) is 0 Å². The Labute approximate surface area is 148 Å². The lowest BCUT2D eigenvalue weighted by Crippen LogP contribution is -2.46. The molecule has 1 unspecified atom stereocenters. The molecule has 2 aliphatic rings. The molecule has 132 valence electrons. The molecule has 0 bridgehead atoms. The van der Waals surface area contributed by atoms with Crippen LogP contribution >= 0.6 is 0 Å². The quantitative estimate of drug-likeness (QED) is 0.800. The van der Waals surface area contributed by atoms with Crippen LogP contribution in [0, 0.1) is 0 Å². The summed E-state index contributed by atoms with van der Waals surface area (Å²) in [5.74, 6) is 3.36. The van der Waals surface area contributed by atoms with Gasteiger partial charge in [-0.15, -0.1) is 0 Å². The molecular formula is C20H24NO4+. The van der Waals surface area contributed by atoms with Crippen LogP contribution in [0.5, 0.6) is 23.0 Å². The maximum absolute atomic E-state index is 5.61. The molecule has 0 saturated carbocycles. The summed E-state index contributed by atoms with van der Waals surface area (Å²) in [6.07, 6.45) is 1.04. The van der Waals surface area contributed by atoms with E-state index in [4.69, 9.17) is 18.9 Å². The van der Waals surface area contributed by atoms with Crippen molar-refractivity contribution in [2.45, 2.75) is 19.5 Å². The molecule has 0 saturated heterocycles.